The smallest absolute Gasteiger partial charge is 0.123 e. The van der Waals surface area contributed by atoms with E-state index in [1.165, 1.54) is 34.2 Å². The zero-order chi connectivity index (χ0) is 27.5. The van der Waals surface area contributed by atoms with Gasteiger partial charge in [0.25, 0.3) is 0 Å². The van der Waals surface area contributed by atoms with Gasteiger partial charge in [0.15, 0.2) is 0 Å². The van der Waals surface area contributed by atoms with Crippen LogP contribution in [-0.2, 0) is 28.8 Å². The number of ether oxygens (including phenoxy) is 1. The molecular weight excluding hydrogens is 485 g/mol. The summed E-state index contributed by atoms with van der Waals surface area (Å²) in [5.74, 6) is -0.251. The number of benzene rings is 3. The van der Waals surface area contributed by atoms with Crippen molar-refractivity contribution in [3.8, 4) is 6.07 Å². The molecule has 0 radical (unpaired) electrons. The molecule has 2 heterocycles. The molecule has 0 aliphatic carbocycles. The zero-order valence-electron chi connectivity index (χ0n) is 23.2. The van der Waals surface area contributed by atoms with E-state index in [-0.39, 0.29) is 11.2 Å². The summed E-state index contributed by atoms with van der Waals surface area (Å²) >= 11 is 0. The fourth-order valence-electron chi connectivity index (χ4n) is 5.77. The van der Waals surface area contributed by atoms with Crippen LogP contribution in [0.5, 0.6) is 0 Å². The average Bonchev–Trinajstić information content (AvgIpc) is 3.51. The summed E-state index contributed by atoms with van der Waals surface area (Å²) in [5.41, 5.74) is 7.25. The molecule has 2 N–H and O–H groups in total. The summed E-state index contributed by atoms with van der Waals surface area (Å²) in [7, 11) is 0. The highest BCUT2D eigenvalue weighted by molar-refractivity contribution is 5.84. The normalized spacial score (nSPS) is 16.9. The number of nitrogens with one attached hydrogen (secondary N) is 2. The van der Waals surface area contributed by atoms with E-state index < -0.39 is 5.60 Å². The van der Waals surface area contributed by atoms with Crippen molar-refractivity contribution in [3.63, 3.8) is 0 Å². The Hall–Kier alpha value is -3.46. The van der Waals surface area contributed by atoms with E-state index in [0.717, 1.165) is 61.9 Å². The molecule has 5 rings (SSSR count). The monoisotopic (exact) mass is 523 g/mol. The Morgan fingerprint density at radius 2 is 1.79 bits per heavy atom. The van der Waals surface area contributed by atoms with E-state index in [1.54, 1.807) is 0 Å². The molecule has 0 amide bonds. The minimum absolute atomic E-state index is 0.144. The maximum Gasteiger partial charge on any atom is 0.123 e. The Balaban J connectivity index is 1.14. The molecule has 1 atom stereocenters. The van der Waals surface area contributed by atoms with Gasteiger partial charge in [0.05, 0.1) is 18.2 Å². The molecule has 4 nitrogen and oxygen atoms in total. The molecule has 4 aromatic rings. The predicted molar refractivity (Wildman–Crippen MR) is 155 cm³/mol. The molecule has 1 unspecified atom stereocenters. The van der Waals surface area contributed by atoms with Gasteiger partial charge in [-0.25, -0.2) is 4.39 Å². The van der Waals surface area contributed by atoms with Crippen LogP contribution in [0.25, 0.3) is 10.9 Å². The lowest BCUT2D eigenvalue weighted by atomic mass is 9.81. The van der Waals surface area contributed by atoms with Gasteiger partial charge in [-0.15, -0.1) is 0 Å². The van der Waals surface area contributed by atoms with Crippen LogP contribution in [0, 0.1) is 17.1 Å². The summed E-state index contributed by atoms with van der Waals surface area (Å²) in [6.45, 7) is 9.16. The van der Waals surface area contributed by atoms with Crippen LogP contribution in [0.1, 0.15) is 79.8 Å². The standard InChI is InChI=1S/C34H38FN3O/c1-33(2,3)28-11-15-32-30(20-28)25(22-38-32)7-6-18-37-17-5-4-16-34(27-9-12-29(35)13-10-27)31-14-8-24(21-36)19-26(31)23-39-34/h8-15,19-20,22,37-38H,4-7,16-18,23H2,1-3H3. The van der Waals surface area contributed by atoms with Gasteiger partial charge >= 0.3 is 0 Å². The Morgan fingerprint density at radius 3 is 2.56 bits per heavy atom. The lowest BCUT2D eigenvalue weighted by molar-refractivity contribution is -0.0133. The second-order valence-corrected chi connectivity index (χ2v) is 11.7. The summed E-state index contributed by atoms with van der Waals surface area (Å²) < 4.78 is 20.1. The van der Waals surface area contributed by atoms with Gasteiger partial charge in [-0.1, -0.05) is 45.0 Å². The molecule has 0 bridgehead atoms. The quantitative estimate of drug-likeness (QED) is 0.210. The molecule has 0 saturated heterocycles. The predicted octanol–water partition coefficient (Wildman–Crippen LogP) is 7.64. The molecule has 0 spiro atoms. The van der Waals surface area contributed by atoms with Gasteiger partial charge in [-0.2, -0.15) is 5.26 Å². The first-order valence-electron chi connectivity index (χ1n) is 14.0. The molecular formula is C34H38FN3O. The van der Waals surface area contributed by atoms with Crippen molar-refractivity contribution in [2.45, 2.75) is 70.5 Å². The Morgan fingerprint density at radius 1 is 1.00 bits per heavy atom. The molecule has 5 heteroatoms. The van der Waals surface area contributed by atoms with Crippen molar-refractivity contribution < 1.29 is 9.13 Å². The van der Waals surface area contributed by atoms with Crippen molar-refractivity contribution in [3.05, 3.63) is 106 Å². The Labute approximate surface area is 231 Å². The third-order valence-electron chi connectivity index (χ3n) is 8.02. The highest BCUT2D eigenvalue weighted by atomic mass is 19.1. The third kappa shape index (κ3) is 5.78. The van der Waals surface area contributed by atoms with Gasteiger partial charge in [-0.3, -0.25) is 0 Å². The summed E-state index contributed by atoms with van der Waals surface area (Å²) in [5, 5.41) is 14.3. The molecule has 1 aliphatic rings. The van der Waals surface area contributed by atoms with Crippen LogP contribution in [-0.4, -0.2) is 18.1 Å². The van der Waals surface area contributed by atoms with Gasteiger partial charge in [0.2, 0.25) is 0 Å². The van der Waals surface area contributed by atoms with E-state index >= 15 is 0 Å². The Bertz CT molecular complexity index is 1480. The number of hydrogen-bond donors (Lipinski definition) is 2. The first kappa shape index (κ1) is 27.1. The number of aromatic amines is 1. The van der Waals surface area contributed by atoms with Crippen LogP contribution in [0.2, 0.25) is 0 Å². The summed E-state index contributed by atoms with van der Waals surface area (Å²) in [6, 6.07) is 21.4. The minimum atomic E-state index is -0.599. The number of nitrogens with zero attached hydrogens (tertiary/aromatic N) is 1. The van der Waals surface area contributed by atoms with E-state index in [0.29, 0.717) is 12.2 Å². The first-order chi connectivity index (χ1) is 18.8. The van der Waals surface area contributed by atoms with Crippen molar-refractivity contribution in [1.29, 1.82) is 5.26 Å². The molecule has 0 saturated carbocycles. The number of H-pyrrole nitrogens is 1. The van der Waals surface area contributed by atoms with Crippen LogP contribution >= 0.6 is 0 Å². The number of aromatic nitrogens is 1. The van der Waals surface area contributed by atoms with E-state index in [4.69, 9.17) is 4.74 Å². The lowest BCUT2D eigenvalue weighted by Gasteiger charge is -2.30. The van der Waals surface area contributed by atoms with E-state index in [9.17, 15) is 9.65 Å². The summed E-state index contributed by atoms with van der Waals surface area (Å²) in [6.07, 6.45) is 7.10. The van der Waals surface area contributed by atoms with Crippen molar-refractivity contribution in [2.24, 2.45) is 0 Å². The van der Waals surface area contributed by atoms with Crippen LogP contribution in [0.3, 0.4) is 0 Å². The van der Waals surface area contributed by atoms with Crippen LogP contribution in [0.4, 0.5) is 4.39 Å². The number of halogens is 1. The van der Waals surface area contributed by atoms with Crippen molar-refractivity contribution in [1.82, 2.24) is 10.3 Å². The van der Waals surface area contributed by atoms with Crippen LogP contribution in [0.15, 0.2) is 66.9 Å². The van der Waals surface area contributed by atoms with Gasteiger partial charge in [0, 0.05) is 17.1 Å². The van der Waals surface area contributed by atoms with Gasteiger partial charge in [0.1, 0.15) is 11.4 Å². The largest absolute Gasteiger partial charge is 0.361 e. The average molecular weight is 524 g/mol. The van der Waals surface area contributed by atoms with Crippen LogP contribution < -0.4 is 5.32 Å². The highest BCUT2D eigenvalue weighted by Crippen LogP contribution is 2.45. The molecule has 1 aliphatic heterocycles. The molecule has 0 fully saturated rings. The van der Waals surface area contributed by atoms with Gasteiger partial charge < -0.3 is 15.0 Å². The zero-order valence-corrected chi connectivity index (χ0v) is 23.2. The minimum Gasteiger partial charge on any atom is -0.361 e. The fourth-order valence-corrected chi connectivity index (χ4v) is 5.77. The first-order valence-corrected chi connectivity index (χ1v) is 14.0. The topological polar surface area (TPSA) is 60.8 Å². The number of unbranched alkanes of at least 4 members (excludes halogenated alkanes) is 1. The molecule has 3 aromatic carbocycles. The van der Waals surface area contributed by atoms with Gasteiger partial charge in [-0.05, 0) is 115 Å². The highest BCUT2D eigenvalue weighted by Gasteiger charge is 2.41. The maximum atomic E-state index is 13.7. The number of rotatable bonds is 10. The SMILES string of the molecule is CC(C)(C)c1ccc2[nH]cc(CCCNCCCCC3(c4ccc(F)cc4)OCc4cc(C#N)ccc43)c2c1. The lowest BCUT2D eigenvalue weighted by Crippen LogP contribution is -2.27. The molecule has 1 aromatic heterocycles. The molecule has 202 valence electrons. The maximum absolute atomic E-state index is 13.7. The number of aryl methyl sites for hydroxylation is 1. The molecule has 39 heavy (non-hydrogen) atoms. The fraction of sp³-hybridized carbons (Fsp3) is 0.382. The Kier molecular flexibility index (Phi) is 7.88. The third-order valence-corrected chi connectivity index (χ3v) is 8.02. The number of nitriles is 1. The summed E-state index contributed by atoms with van der Waals surface area (Å²) in [4.78, 5) is 3.43. The van der Waals surface area contributed by atoms with E-state index in [2.05, 4.69) is 61.5 Å². The second kappa shape index (κ2) is 11.3. The number of hydrogen-bond acceptors (Lipinski definition) is 3. The van der Waals surface area contributed by atoms with Crippen molar-refractivity contribution in [2.75, 3.05) is 13.1 Å². The second-order valence-electron chi connectivity index (χ2n) is 11.7. The number of fused-ring (bicyclic) bond motifs is 2. The van der Waals surface area contributed by atoms with E-state index in [1.807, 2.05) is 30.3 Å². The van der Waals surface area contributed by atoms with Crippen molar-refractivity contribution >= 4 is 10.9 Å².